The van der Waals surface area contributed by atoms with Crippen LogP contribution in [0.1, 0.15) is 15.9 Å². The lowest BCUT2D eigenvalue weighted by atomic mass is 10.1. The lowest BCUT2D eigenvalue weighted by Gasteiger charge is -2.03. The molecule has 0 bridgehead atoms. The average Bonchev–Trinajstić information content (AvgIpc) is 2.24. The van der Waals surface area contributed by atoms with E-state index in [4.69, 9.17) is 0 Å². The number of nitrogens with one attached hydrogen (secondary N) is 1. The van der Waals surface area contributed by atoms with Gasteiger partial charge in [0, 0.05) is 24.2 Å². The van der Waals surface area contributed by atoms with E-state index in [1.54, 1.807) is 19.1 Å². The number of hydrogen-bond acceptors (Lipinski definition) is 3. The highest BCUT2D eigenvalue weighted by Gasteiger charge is 2.12. The van der Waals surface area contributed by atoms with Gasteiger partial charge in [-0.15, -0.1) is 6.58 Å². The molecule has 0 radical (unpaired) electrons. The van der Waals surface area contributed by atoms with Crippen LogP contribution in [0.4, 0.5) is 5.69 Å². The number of hydrogen-bond donors (Lipinski definition) is 1. The third kappa shape index (κ3) is 2.91. The molecule has 0 aliphatic heterocycles. The summed E-state index contributed by atoms with van der Waals surface area (Å²) >= 11 is 0. The summed E-state index contributed by atoms with van der Waals surface area (Å²) < 4.78 is 0. The minimum absolute atomic E-state index is 0.0799. The molecule has 0 aliphatic carbocycles. The Bertz CT molecular complexity index is 441. The second-order valence-electron chi connectivity index (χ2n) is 3.31. The van der Waals surface area contributed by atoms with Gasteiger partial charge in [0.15, 0.2) is 0 Å². The van der Waals surface area contributed by atoms with E-state index in [1.807, 2.05) is 0 Å². The molecule has 0 heterocycles. The molecule has 1 rings (SSSR count). The SMILES string of the molecule is C=CCNC(=O)c1cc(C)cc([N+](=O)[O-])c1. The number of benzene rings is 1. The van der Waals surface area contributed by atoms with Gasteiger partial charge in [-0.25, -0.2) is 0 Å². The Kier molecular flexibility index (Phi) is 3.77. The van der Waals surface area contributed by atoms with Gasteiger partial charge in [-0.1, -0.05) is 6.08 Å². The van der Waals surface area contributed by atoms with Gasteiger partial charge in [0.25, 0.3) is 11.6 Å². The van der Waals surface area contributed by atoms with Crippen molar-refractivity contribution in [3.8, 4) is 0 Å². The molecular weight excluding hydrogens is 208 g/mol. The van der Waals surface area contributed by atoms with Gasteiger partial charge in [0.05, 0.1) is 4.92 Å². The van der Waals surface area contributed by atoms with E-state index in [2.05, 4.69) is 11.9 Å². The summed E-state index contributed by atoms with van der Waals surface area (Å²) in [5.41, 5.74) is 0.884. The first-order chi connectivity index (χ1) is 7.54. The van der Waals surface area contributed by atoms with E-state index in [0.717, 1.165) is 0 Å². The zero-order chi connectivity index (χ0) is 12.1. The van der Waals surface area contributed by atoms with Crippen LogP contribution in [0.2, 0.25) is 0 Å². The molecule has 0 spiro atoms. The quantitative estimate of drug-likeness (QED) is 0.478. The Hall–Kier alpha value is -2.17. The van der Waals surface area contributed by atoms with Gasteiger partial charge in [0.1, 0.15) is 0 Å². The fourth-order valence-electron chi connectivity index (χ4n) is 1.27. The summed E-state index contributed by atoms with van der Waals surface area (Å²) in [6.45, 7) is 5.51. The van der Waals surface area contributed by atoms with Crippen molar-refractivity contribution in [1.29, 1.82) is 0 Å². The second-order valence-corrected chi connectivity index (χ2v) is 3.31. The number of nitro groups is 1. The first-order valence-electron chi connectivity index (χ1n) is 4.69. The van der Waals surface area contributed by atoms with Gasteiger partial charge in [0.2, 0.25) is 0 Å². The van der Waals surface area contributed by atoms with Crippen LogP contribution in [0.15, 0.2) is 30.9 Å². The van der Waals surface area contributed by atoms with E-state index in [0.29, 0.717) is 12.1 Å². The molecule has 5 heteroatoms. The fraction of sp³-hybridized carbons (Fsp3) is 0.182. The Labute approximate surface area is 92.9 Å². The Balaban J connectivity index is 3.00. The molecule has 0 aliphatic rings. The minimum Gasteiger partial charge on any atom is -0.349 e. The lowest BCUT2D eigenvalue weighted by molar-refractivity contribution is -0.384. The average molecular weight is 220 g/mol. The highest BCUT2D eigenvalue weighted by atomic mass is 16.6. The molecule has 84 valence electrons. The van der Waals surface area contributed by atoms with E-state index >= 15 is 0 Å². The maximum atomic E-state index is 11.5. The van der Waals surface area contributed by atoms with E-state index in [9.17, 15) is 14.9 Å². The lowest BCUT2D eigenvalue weighted by Crippen LogP contribution is -2.23. The molecule has 1 aromatic carbocycles. The Morgan fingerprint density at radius 1 is 1.56 bits per heavy atom. The summed E-state index contributed by atoms with van der Waals surface area (Å²) in [5, 5.41) is 13.2. The van der Waals surface area contributed by atoms with E-state index < -0.39 is 4.92 Å². The Morgan fingerprint density at radius 3 is 2.81 bits per heavy atom. The van der Waals surface area contributed by atoms with Crippen LogP contribution < -0.4 is 5.32 Å². The van der Waals surface area contributed by atoms with Crippen LogP contribution in [0, 0.1) is 17.0 Å². The van der Waals surface area contributed by atoms with Gasteiger partial charge in [-0.3, -0.25) is 14.9 Å². The van der Waals surface area contributed by atoms with Crippen LogP contribution in [0.5, 0.6) is 0 Å². The van der Waals surface area contributed by atoms with E-state index in [1.165, 1.54) is 12.1 Å². The smallest absolute Gasteiger partial charge is 0.270 e. The third-order valence-electron chi connectivity index (χ3n) is 1.94. The number of amides is 1. The van der Waals surface area contributed by atoms with Crippen LogP contribution in [-0.2, 0) is 0 Å². The van der Waals surface area contributed by atoms with Gasteiger partial charge < -0.3 is 5.32 Å². The van der Waals surface area contributed by atoms with Crippen molar-refractivity contribution >= 4 is 11.6 Å². The van der Waals surface area contributed by atoms with Crippen LogP contribution in [0.25, 0.3) is 0 Å². The second kappa shape index (κ2) is 5.06. The number of carbonyl (C=O) groups is 1. The van der Waals surface area contributed by atoms with Crippen LogP contribution in [-0.4, -0.2) is 17.4 Å². The zero-order valence-corrected chi connectivity index (χ0v) is 8.90. The van der Waals surface area contributed by atoms with Crippen molar-refractivity contribution in [3.63, 3.8) is 0 Å². The third-order valence-corrected chi connectivity index (χ3v) is 1.94. The normalized spacial score (nSPS) is 9.56. The minimum atomic E-state index is -0.517. The summed E-state index contributed by atoms with van der Waals surface area (Å²) in [7, 11) is 0. The molecule has 0 saturated heterocycles. The molecule has 1 aromatic rings. The van der Waals surface area contributed by atoms with Gasteiger partial charge in [-0.05, 0) is 18.6 Å². The maximum absolute atomic E-state index is 11.5. The summed E-state index contributed by atoms with van der Waals surface area (Å²) in [5.74, 6) is -0.341. The number of rotatable bonds is 4. The number of carbonyl (C=O) groups excluding carboxylic acids is 1. The van der Waals surface area contributed by atoms with Crippen molar-refractivity contribution in [2.45, 2.75) is 6.92 Å². The highest BCUT2D eigenvalue weighted by molar-refractivity contribution is 5.95. The molecule has 0 aromatic heterocycles. The van der Waals surface area contributed by atoms with Crippen molar-refractivity contribution < 1.29 is 9.72 Å². The topological polar surface area (TPSA) is 72.2 Å². The first kappa shape index (κ1) is 11.9. The van der Waals surface area contributed by atoms with Crippen LogP contribution in [0.3, 0.4) is 0 Å². The monoisotopic (exact) mass is 220 g/mol. The summed E-state index contributed by atoms with van der Waals surface area (Å²) in [6, 6.07) is 4.28. The molecule has 0 saturated carbocycles. The highest BCUT2D eigenvalue weighted by Crippen LogP contribution is 2.16. The molecule has 16 heavy (non-hydrogen) atoms. The molecule has 0 atom stereocenters. The van der Waals surface area contributed by atoms with Gasteiger partial charge >= 0.3 is 0 Å². The molecule has 1 N–H and O–H groups in total. The van der Waals surface area contributed by atoms with Gasteiger partial charge in [-0.2, -0.15) is 0 Å². The van der Waals surface area contributed by atoms with Crippen molar-refractivity contribution in [2.75, 3.05) is 6.54 Å². The predicted molar refractivity (Wildman–Crippen MR) is 60.4 cm³/mol. The maximum Gasteiger partial charge on any atom is 0.270 e. The zero-order valence-electron chi connectivity index (χ0n) is 8.90. The Morgan fingerprint density at radius 2 is 2.25 bits per heavy atom. The summed E-state index contributed by atoms with van der Waals surface area (Å²) in [4.78, 5) is 21.6. The number of nitro benzene ring substituents is 1. The molecule has 1 amide bonds. The van der Waals surface area contributed by atoms with Crippen molar-refractivity contribution in [3.05, 3.63) is 52.1 Å². The molecular formula is C11H12N2O3. The number of nitrogens with zero attached hydrogens (tertiary/aromatic N) is 1. The number of non-ortho nitro benzene ring substituents is 1. The van der Waals surface area contributed by atoms with Crippen molar-refractivity contribution in [2.24, 2.45) is 0 Å². The summed E-state index contributed by atoms with van der Waals surface area (Å²) in [6.07, 6.45) is 1.54. The fourth-order valence-corrected chi connectivity index (χ4v) is 1.27. The van der Waals surface area contributed by atoms with Crippen LogP contribution >= 0.6 is 0 Å². The van der Waals surface area contributed by atoms with Crippen molar-refractivity contribution in [1.82, 2.24) is 5.32 Å². The predicted octanol–water partition coefficient (Wildman–Crippen LogP) is 1.82. The molecule has 5 nitrogen and oxygen atoms in total. The largest absolute Gasteiger partial charge is 0.349 e. The van der Waals surface area contributed by atoms with E-state index in [-0.39, 0.29) is 17.2 Å². The standard InChI is InChI=1S/C11H12N2O3/c1-3-4-12-11(14)9-5-8(2)6-10(7-9)13(15)16/h3,5-7H,1,4H2,2H3,(H,12,14). The molecule has 0 fully saturated rings. The number of aryl methyl sites for hydroxylation is 1. The molecule has 0 unspecified atom stereocenters. The first-order valence-corrected chi connectivity index (χ1v) is 4.69.